The molecule has 3 rings (SSSR count). The molecule has 1 saturated heterocycles. The summed E-state index contributed by atoms with van der Waals surface area (Å²) in [6.07, 6.45) is 1.91. The average Bonchev–Trinajstić information content (AvgIpc) is 2.90. The van der Waals surface area contributed by atoms with Crippen molar-refractivity contribution in [2.24, 2.45) is 4.99 Å². The maximum Gasteiger partial charge on any atom is 0.264 e. The molecule has 0 spiro atoms. The fourth-order valence-electron chi connectivity index (χ4n) is 2.66. The predicted molar refractivity (Wildman–Crippen MR) is 112 cm³/mol. The van der Waals surface area contributed by atoms with Gasteiger partial charge in [-0.05, 0) is 65.4 Å². The number of hydrogen-bond acceptors (Lipinski definition) is 3. The summed E-state index contributed by atoms with van der Waals surface area (Å²) < 4.78 is 0. The standard InChI is InChI=1S/C22H24N2OS/c1-14-6-7-15(2)18(12-14)23-21-24-20(25)19(26-21)13-16-8-10-17(11-9-16)22(3,4)5/h6-13H,1-5H3,(H,23,24,25)/b19-13-. The monoisotopic (exact) mass is 364 g/mol. The lowest BCUT2D eigenvalue weighted by molar-refractivity contribution is -0.115. The summed E-state index contributed by atoms with van der Waals surface area (Å²) in [7, 11) is 0. The van der Waals surface area contributed by atoms with Crippen LogP contribution in [0.4, 0.5) is 5.69 Å². The predicted octanol–water partition coefficient (Wildman–Crippen LogP) is 5.49. The number of carbonyl (C=O) groups excluding carboxylic acids is 1. The molecule has 0 aliphatic carbocycles. The van der Waals surface area contributed by atoms with Gasteiger partial charge in [0.2, 0.25) is 0 Å². The molecule has 134 valence electrons. The number of aliphatic imine (C=N–C) groups is 1. The Balaban J connectivity index is 1.82. The smallest absolute Gasteiger partial charge is 0.264 e. The van der Waals surface area contributed by atoms with Gasteiger partial charge in [0.15, 0.2) is 5.17 Å². The lowest BCUT2D eigenvalue weighted by atomic mass is 9.87. The average molecular weight is 365 g/mol. The van der Waals surface area contributed by atoms with Crippen LogP contribution in [0.15, 0.2) is 52.4 Å². The Hall–Kier alpha value is -2.33. The topological polar surface area (TPSA) is 41.5 Å². The third-order valence-electron chi connectivity index (χ3n) is 4.31. The molecule has 1 heterocycles. The molecule has 4 heteroatoms. The molecular weight excluding hydrogens is 340 g/mol. The third kappa shape index (κ3) is 4.25. The second-order valence-corrected chi connectivity index (χ2v) is 8.67. The molecule has 2 aromatic carbocycles. The number of hydrogen-bond donors (Lipinski definition) is 1. The first kappa shape index (κ1) is 18.5. The van der Waals surface area contributed by atoms with E-state index in [2.05, 4.69) is 61.4 Å². The van der Waals surface area contributed by atoms with Crippen molar-refractivity contribution in [1.82, 2.24) is 5.32 Å². The molecule has 2 aromatic rings. The van der Waals surface area contributed by atoms with Crippen molar-refractivity contribution in [3.05, 3.63) is 69.6 Å². The van der Waals surface area contributed by atoms with Crippen LogP contribution in [0, 0.1) is 13.8 Å². The summed E-state index contributed by atoms with van der Waals surface area (Å²) in [6, 6.07) is 14.5. The van der Waals surface area contributed by atoms with Gasteiger partial charge < -0.3 is 5.32 Å². The van der Waals surface area contributed by atoms with Gasteiger partial charge in [-0.25, -0.2) is 4.99 Å². The zero-order valence-corrected chi connectivity index (χ0v) is 16.7. The third-order valence-corrected chi connectivity index (χ3v) is 5.22. The highest BCUT2D eigenvalue weighted by Crippen LogP contribution is 2.30. The molecule has 26 heavy (non-hydrogen) atoms. The van der Waals surface area contributed by atoms with Crippen LogP contribution < -0.4 is 5.32 Å². The van der Waals surface area contributed by atoms with Crippen molar-refractivity contribution >= 4 is 34.6 Å². The van der Waals surface area contributed by atoms with E-state index in [1.165, 1.54) is 17.3 Å². The molecule has 1 fully saturated rings. The van der Waals surface area contributed by atoms with E-state index in [1.807, 2.05) is 32.1 Å². The van der Waals surface area contributed by atoms with Gasteiger partial charge in [0.1, 0.15) is 0 Å². The van der Waals surface area contributed by atoms with Crippen LogP contribution >= 0.6 is 11.8 Å². The second-order valence-electron chi connectivity index (χ2n) is 7.64. The maximum absolute atomic E-state index is 12.3. The highest BCUT2D eigenvalue weighted by Gasteiger charge is 2.24. The Morgan fingerprint density at radius 1 is 1.04 bits per heavy atom. The minimum atomic E-state index is -0.0982. The Morgan fingerprint density at radius 2 is 1.73 bits per heavy atom. The lowest BCUT2D eigenvalue weighted by Gasteiger charge is -2.18. The molecule has 1 aliphatic heterocycles. The first-order valence-electron chi connectivity index (χ1n) is 8.70. The van der Waals surface area contributed by atoms with Crippen LogP contribution in [-0.2, 0) is 10.2 Å². The van der Waals surface area contributed by atoms with Crippen LogP contribution in [0.25, 0.3) is 6.08 Å². The molecule has 0 atom stereocenters. The lowest BCUT2D eigenvalue weighted by Crippen LogP contribution is -2.19. The highest BCUT2D eigenvalue weighted by molar-refractivity contribution is 8.18. The molecule has 1 amide bonds. The van der Waals surface area contributed by atoms with Crippen molar-refractivity contribution in [2.75, 3.05) is 0 Å². The SMILES string of the molecule is Cc1ccc(C)c(N=C2NC(=O)/C(=C/c3ccc(C(C)(C)C)cc3)S2)c1. The van der Waals surface area contributed by atoms with E-state index >= 15 is 0 Å². The molecule has 0 aromatic heterocycles. The van der Waals surface area contributed by atoms with Gasteiger partial charge in [0.25, 0.3) is 5.91 Å². The van der Waals surface area contributed by atoms with Crippen molar-refractivity contribution in [2.45, 2.75) is 40.0 Å². The van der Waals surface area contributed by atoms with Crippen molar-refractivity contribution in [1.29, 1.82) is 0 Å². The summed E-state index contributed by atoms with van der Waals surface area (Å²) in [5, 5.41) is 3.49. The minimum Gasteiger partial charge on any atom is -0.300 e. The van der Waals surface area contributed by atoms with Crippen LogP contribution in [0.2, 0.25) is 0 Å². The Kier molecular flexibility index (Phi) is 5.05. The Bertz CT molecular complexity index is 903. The van der Waals surface area contributed by atoms with Gasteiger partial charge in [0.05, 0.1) is 10.6 Å². The van der Waals surface area contributed by atoms with Crippen LogP contribution in [0.5, 0.6) is 0 Å². The number of amidine groups is 1. The van der Waals surface area contributed by atoms with Gasteiger partial charge >= 0.3 is 0 Å². The van der Waals surface area contributed by atoms with Crippen molar-refractivity contribution < 1.29 is 4.79 Å². The fourth-order valence-corrected chi connectivity index (χ4v) is 3.50. The Morgan fingerprint density at radius 3 is 2.38 bits per heavy atom. The summed E-state index contributed by atoms with van der Waals surface area (Å²) in [6.45, 7) is 10.6. The van der Waals surface area contributed by atoms with Crippen molar-refractivity contribution in [3.63, 3.8) is 0 Å². The normalized spacial score (nSPS) is 17.8. The maximum atomic E-state index is 12.3. The van der Waals surface area contributed by atoms with Crippen LogP contribution in [0.3, 0.4) is 0 Å². The number of thioether (sulfide) groups is 1. The number of benzene rings is 2. The molecule has 0 saturated carbocycles. The van der Waals surface area contributed by atoms with E-state index in [0.717, 1.165) is 22.4 Å². The van der Waals surface area contributed by atoms with Gasteiger partial charge in [0, 0.05) is 0 Å². The molecule has 0 bridgehead atoms. The minimum absolute atomic E-state index is 0.0982. The number of nitrogens with zero attached hydrogens (tertiary/aromatic N) is 1. The first-order valence-corrected chi connectivity index (χ1v) is 9.51. The zero-order valence-electron chi connectivity index (χ0n) is 15.9. The molecular formula is C22H24N2OS. The van der Waals surface area contributed by atoms with E-state index in [0.29, 0.717) is 10.1 Å². The van der Waals surface area contributed by atoms with Crippen molar-refractivity contribution in [3.8, 4) is 0 Å². The summed E-state index contributed by atoms with van der Waals surface area (Å²) in [4.78, 5) is 17.6. The zero-order chi connectivity index (χ0) is 18.9. The largest absolute Gasteiger partial charge is 0.300 e. The summed E-state index contributed by atoms with van der Waals surface area (Å²) >= 11 is 1.38. The summed E-state index contributed by atoms with van der Waals surface area (Å²) in [5.41, 5.74) is 5.55. The summed E-state index contributed by atoms with van der Waals surface area (Å²) in [5.74, 6) is -0.0982. The molecule has 0 radical (unpaired) electrons. The van der Waals surface area contributed by atoms with E-state index in [4.69, 9.17) is 0 Å². The van der Waals surface area contributed by atoms with Gasteiger partial charge in [-0.15, -0.1) is 0 Å². The number of rotatable bonds is 2. The van der Waals surface area contributed by atoms with Gasteiger partial charge in [-0.2, -0.15) is 0 Å². The number of aryl methyl sites for hydroxylation is 2. The number of carbonyl (C=O) groups is 1. The van der Waals surface area contributed by atoms with E-state index in [-0.39, 0.29) is 11.3 Å². The van der Waals surface area contributed by atoms with Gasteiger partial charge in [-0.3, -0.25) is 4.79 Å². The highest BCUT2D eigenvalue weighted by atomic mass is 32.2. The van der Waals surface area contributed by atoms with Crippen LogP contribution in [0.1, 0.15) is 43.0 Å². The number of amides is 1. The van der Waals surface area contributed by atoms with Gasteiger partial charge in [-0.1, -0.05) is 57.2 Å². The number of nitrogens with one attached hydrogen (secondary N) is 1. The van der Waals surface area contributed by atoms with E-state index in [1.54, 1.807) is 0 Å². The molecule has 1 aliphatic rings. The molecule has 1 N–H and O–H groups in total. The first-order chi connectivity index (χ1) is 12.2. The molecule has 0 unspecified atom stereocenters. The second kappa shape index (κ2) is 7.12. The quantitative estimate of drug-likeness (QED) is 0.716. The van der Waals surface area contributed by atoms with E-state index in [9.17, 15) is 4.79 Å². The van der Waals surface area contributed by atoms with Crippen LogP contribution in [-0.4, -0.2) is 11.1 Å². The molecule has 3 nitrogen and oxygen atoms in total. The van der Waals surface area contributed by atoms with E-state index < -0.39 is 0 Å². The fraction of sp³-hybridized carbons (Fsp3) is 0.273. The Labute approximate surface area is 159 Å².